The van der Waals surface area contributed by atoms with Crippen LogP contribution in [0.5, 0.6) is 0 Å². The van der Waals surface area contributed by atoms with Crippen molar-refractivity contribution in [3.8, 4) is 0 Å². The first-order valence-corrected chi connectivity index (χ1v) is 7.59. The summed E-state index contributed by atoms with van der Waals surface area (Å²) in [5.74, 6) is 0.636. The number of ether oxygens (including phenoxy) is 1. The smallest absolute Gasteiger partial charge is 0.325 e. The predicted molar refractivity (Wildman–Crippen MR) is 77.9 cm³/mol. The summed E-state index contributed by atoms with van der Waals surface area (Å²) in [7, 11) is 1.39. The molecule has 1 aliphatic carbocycles. The van der Waals surface area contributed by atoms with Gasteiger partial charge >= 0.3 is 5.97 Å². The third-order valence-corrected chi connectivity index (χ3v) is 3.83. The molecular weight excluding hydrogens is 240 g/mol. The summed E-state index contributed by atoms with van der Waals surface area (Å²) in [6.07, 6.45) is 6.81. The maximum atomic E-state index is 11.5. The van der Waals surface area contributed by atoms with Crippen LogP contribution in [0.15, 0.2) is 0 Å². The van der Waals surface area contributed by atoms with Crippen LogP contribution in [0.3, 0.4) is 0 Å². The van der Waals surface area contributed by atoms with Crippen LogP contribution >= 0.6 is 0 Å². The molecule has 0 heterocycles. The van der Waals surface area contributed by atoms with Crippen molar-refractivity contribution >= 4 is 5.97 Å². The normalized spacial score (nSPS) is 18.4. The summed E-state index contributed by atoms with van der Waals surface area (Å²) < 4.78 is 4.72. The topological polar surface area (TPSA) is 55.6 Å². The third kappa shape index (κ3) is 6.39. The third-order valence-electron chi connectivity index (χ3n) is 3.83. The SMILES string of the molecule is CCCN(CCCCC(C)(N)C(=O)OC)CC1CC1. The van der Waals surface area contributed by atoms with E-state index in [4.69, 9.17) is 10.5 Å². The second kappa shape index (κ2) is 7.85. The van der Waals surface area contributed by atoms with Gasteiger partial charge < -0.3 is 15.4 Å². The number of carbonyl (C=O) groups is 1. The van der Waals surface area contributed by atoms with Crippen LogP contribution in [0.4, 0.5) is 0 Å². The Morgan fingerprint density at radius 1 is 1.37 bits per heavy atom. The van der Waals surface area contributed by atoms with Crippen LogP contribution in [0.25, 0.3) is 0 Å². The lowest BCUT2D eigenvalue weighted by Gasteiger charge is -2.24. The molecule has 1 rings (SSSR count). The standard InChI is InChI=1S/C15H30N2O2/c1-4-10-17(12-13-7-8-13)11-6-5-9-15(2,16)14(18)19-3/h13H,4-12,16H2,1-3H3. The van der Waals surface area contributed by atoms with Crippen LogP contribution < -0.4 is 5.73 Å². The minimum atomic E-state index is -0.833. The molecule has 0 aromatic carbocycles. The van der Waals surface area contributed by atoms with E-state index >= 15 is 0 Å². The van der Waals surface area contributed by atoms with Gasteiger partial charge in [-0.05, 0) is 64.5 Å². The summed E-state index contributed by atoms with van der Waals surface area (Å²) in [6.45, 7) is 7.56. The van der Waals surface area contributed by atoms with Crippen molar-refractivity contribution in [3.05, 3.63) is 0 Å². The van der Waals surface area contributed by atoms with Gasteiger partial charge in [-0.25, -0.2) is 0 Å². The summed E-state index contributed by atoms with van der Waals surface area (Å²) in [6, 6.07) is 0. The van der Waals surface area contributed by atoms with E-state index < -0.39 is 5.54 Å². The number of nitrogens with zero attached hydrogens (tertiary/aromatic N) is 1. The minimum absolute atomic E-state index is 0.309. The van der Waals surface area contributed by atoms with Crippen LogP contribution in [-0.4, -0.2) is 43.2 Å². The lowest BCUT2D eigenvalue weighted by molar-refractivity contribution is -0.146. The van der Waals surface area contributed by atoms with Gasteiger partial charge in [-0.3, -0.25) is 4.79 Å². The second-order valence-electron chi connectivity index (χ2n) is 6.11. The van der Waals surface area contributed by atoms with E-state index in [1.165, 1.54) is 39.5 Å². The van der Waals surface area contributed by atoms with Crippen molar-refractivity contribution in [1.29, 1.82) is 0 Å². The first-order chi connectivity index (χ1) is 8.99. The monoisotopic (exact) mass is 270 g/mol. The van der Waals surface area contributed by atoms with E-state index in [1.807, 2.05) is 0 Å². The van der Waals surface area contributed by atoms with Gasteiger partial charge in [0.2, 0.25) is 0 Å². The molecule has 0 aromatic heterocycles. The number of methoxy groups -OCH3 is 1. The fourth-order valence-corrected chi connectivity index (χ4v) is 2.44. The summed E-state index contributed by atoms with van der Waals surface area (Å²) in [5.41, 5.74) is 5.12. The Morgan fingerprint density at radius 3 is 2.58 bits per heavy atom. The first-order valence-electron chi connectivity index (χ1n) is 7.59. The number of nitrogens with two attached hydrogens (primary N) is 1. The number of esters is 1. The zero-order valence-electron chi connectivity index (χ0n) is 12.8. The number of hydrogen-bond donors (Lipinski definition) is 1. The molecule has 1 aliphatic rings. The van der Waals surface area contributed by atoms with Crippen molar-refractivity contribution in [2.45, 2.75) is 57.9 Å². The maximum Gasteiger partial charge on any atom is 0.325 e. The Bertz CT molecular complexity index is 275. The lowest BCUT2D eigenvalue weighted by atomic mass is 9.96. The van der Waals surface area contributed by atoms with Crippen LogP contribution in [0.2, 0.25) is 0 Å². The van der Waals surface area contributed by atoms with E-state index in [1.54, 1.807) is 6.92 Å². The zero-order valence-corrected chi connectivity index (χ0v) is 12.8. The summed E-state index contributed by atoms with van der Waals surface area (Å²) in [4.78, 5) is 14.0. The molecule has 2 N–H and O–H groups in total. The molecule has 0 spiro atoms. The molecule has 0 aliphatic heterocycles. The van der Waals surface area contributed by atoms with Crippen LogP contribution in [0.1, 0.15) is 52.4 Å². The van der Waals surface area contributed by atoms with Crippen LogP contribution in [-0.2, 0) is 9.53 Å². The summed E-state index contributed by atoms with van der Waals surface area (Å²) in [5, 5.41) is 0. The molecule has 1 unspecified atom stereocenters. The molecule has 0 aromatic rings. The van der Waals surface area contributed by atoms with Crippen LogP contribution in [0, 0.1) is 5.92 Å². The largest absolute Gasteiger partial charge is 0.468 e. The molecule has 0 radical (unpaired) electrons. The van der Waals surface area contributed by atoms with Gasteiger partial charge in [-0.2, -0.15) is 0 Å². The fourth-order valence-electron chi connectivity index (χ4n) is 2.44. The van der Waals surface area contributed by atoms with E-state index in [0.29, 0.717) is 6.42 Å². The summed E-state index contributed by atoms with van der Waals surface area (Å²) >= 11 is 0. The van der Waals surface area contributed by atoms with Gasteiger partial charge in [-0.1, -0.05) is 6.92 Å². The molecule has 4 nitrogen and oxygen atoms in total. The highest BCUT2D eigenvalue weighted by Gasteiger charge is 2.28. The Labute approximate surface area is 117 Å². The number of rotatable bonds is 10. The fraction of sp³-hybridized carbons (Fsp3) is 0.933. The van der Waals surface area contributed by atoms with E-state index in [0.717, 1.165) is 25.3 Å². The Balaban J connectivity index is 2.18. The van der Waals surface area contributed by atoms with Gasteiger partial charge in [0, 0.05) is 6.54 Å². The first kappa shape index (κ1) is 16.4. The highest BCUT2D eigenvalue weighted by molar-refractivity contribution is 5.79. The van der Waals surface area contributed by atoms with Crippen molar-refractivity contribution < 1.29 is 9.53 Å². The molecule has 0 bridgehead atoms. The highest BCUT2D eigenvalue weighted by atomic mass is 16.5. The van der Waals surface area contributed by atoms with Gasteiger partial charge in [0.25, 0.3) is 0 Å². The predicted octanol–water partition coefficient (Wildman–Crippen LogP) is 2.17. The number of hydrogen-bond acceptors (Lipinski definition) is 4. The van der Waals surface area contributed by atoms with Gasteiger partial charge in [0.15, 0.2) is 0 Å². The van der Waals surface area contributed by atoms with E-state index in [-0.39, 0.29) is 5.97 Å². The van der Waals surface area contributed by atoms with Crippen molar-refractivity contribution in [2.75, 3.05) is 26.7 Å². The molecule has 1 atom stereocenters. The van der Waals surface area contributed by atoms with Gasteiger partial charge in [-0.15, -0.1) is 0 Å². The molecular formula is C15H30N2O2. The van der Waals surface area contributed by atoms with Gasteiger partial charge in [0.05, 0.1) is 7.11 Å². The van der Waals surface area contributed by atoms with Gasteiger partial charge in [0.1, 0.15) is 5.54 Å². The quantitative estimate of drug-likeness (QED) is 0.488. The number of carbonyl (C=O) groups excluding carboxylic acids is 1. The Hall–Kier alpha value is -0.610. The van der Waals surface area contributed by atoms with E-state index in [2.05, 4.69) is 11.8 Å². The molecule has 0 amide bonds. The molecule has 1 saturated carbocycles. The average Bonchev–Trinajstić information content (AvgIpc) is 3.17. The average molecular weight is 270 g/mol. The molecule has 19 heavy (non-hydrogen) atoms. The zero-order chi connectivity index (χ0) is 14.3. The van der Waals surface area contributed by atoms with Crippen molar-refractivity contribution in [3.63, 3.8) is 0 Å². The molecule has 4 heteroatoms. The molecule has 1 fully saturated rings. The maximum absolute atomic E-state index is 11.5. The molecule has 112 valence electrons. The van der Waals surface area contributed by atoms with Crippen molar-refractivity contribution in [1.82, 2.24) is 4.90 Å². The Morgan fingerprint density at radius 2 is 2.05 bits per heavy atom. The lowest BCUT2D eigenvalue weighted by Crippen LogP contribution is -2.45. The number of unbranched alkanes of at least 4 members (excludes halogenated alkanes) is 1. The second-order valence-corrected chi connectivity index (χ2v) is 6.11. The van der Waals surface area contributed by atoms with E-state index in [9.17, 15) is 4.79 Å². The molecule has 0 saturated heterocycles. The Kier molecular flexibility index (Phi) is 6.80. The highest BCUT2D eigenvalue weighted by Crippen LogP contribution is 2.29. The van der Waals surface area contributed by atoms with Crippen molar-refractivity contribution in [2.24, 2.45) is 11.7 Å². The minimum Gasteiger partial charge on any atom is -0.468 e.